The van der Waals surface area contributed by atoms with Gasteiger partial charge in [-0.15, -0.1) is 0 Å². The number of nitrogens with zero attached hydrogens (tertiary/aromatic N) is 2. The second-order valence-corrected chi connectivity index (χ2v) is 6.52. The number of benzene rings is 1. The van der Waals surface area contributed by atoms with Gasteiger partial charge < -0.3 is 16.4 Å². The lowest BCUT2D eigenvalue weighted by Gasteiger charge is -2.28. The maximum absolute atomic E-state index is 13.3. The van der Waals surface area contributed by atoms with E-state index in [1.807, 2.05) is 0 Å². The fourth-order valence-electron chi connectivity index (χ4n) is 3.71. The number of halogens is 3. The van der Waals surface area contributed by atoms with Gasteiger partial charge in [0.25, 0.3) is 5.91 Å². The molecule has 4 N–H and O–H groups in total. The van der Waals surface area contributed by atoms with Gasteiger partial charge in [0.05, 0.1) is 22.9 Å². The van der Waals surface area contributed by atoms with Crippen LogP contribution in [0.2, 0.25) is 0 Å². The molecule has 2 aliphatic heterocycles. The summed E-state index contributed by atoms with van der Waals surface area (Å²) in [5, 5.41) is 10.3. The second-order valence-electron chi connectivity index (χ2n) is 6.52. The van der Waals surface area contributed by atoms with Crippen molar-refractivity contribution in [1.29, 1.82) is 0 Å². The van der Waals surface area contributed by atoms with Crippen LogP contribution < -0.4 is 16.4 Å². The van der Waals surface area contributed by atoms with Gasteiger partial charge in [0.1, 0.15) is 5.82 Å². The molecule has 0 spiro atoms. The maximum Gasteiger partial charge on any atom is 0.418 e. The lowest BCUT2D eigenvalue weighted by atomic mass is 9.88. The van der Waals surface area contributed by atoms with E-state index in [-0.39, 0.29) is 18.1 Å². The molecule has 1 unspecified atom stereocenters. The van der Waals surface area contributed by atoms with E-state index >= 15 is 0 Å². The van der Waals surface area contributed by atoms with Crippen LogP contribution in [-0.4, -0.2) is 28.8 Å². The van der Waals surface area contributed by atoms with E-state index < -0.39 is 17.7 Å². The molecule has 0 saturated carbocycles. The molecule has 0 amide bonds. The number of anilines is 2. The predicted molar refractivity (Wildman–Crippen MR) is 90.0 cm³/mol. The Morgan fingerprint density at radius 1 is 1.31 bits per heavy atom. The van der Waals surface area contributed by atoms with Crippen LogP contribution in [0.4, 0.5) is 24.7 Å². The van der Waals surface area contributed by atoms with Gasteiger partial charge in [-0.2, -0.15) is 23.0 Å². The molecule has 0 radical (unpaired) electrons. The standard InChI is InChI=1S/C17H18F3N5O/c18-17(19,20)12-3-1-2-9-10(5-7-23-14(9)12)16(26)25-15(21)11-4-6-22-8-13(11)24-25/h1-3,10,22-23H,4-8,21H2. The Labute approximate surface area is 147 Å². The van der Waals surface area contributed by atoms with Gasteiger partial charge in [-0.1, -0.05) is 12.1 Å². The summed E-state index contributed by atoms with van der Waals surface area (Å²) in [6.07, 6.45) is -3.43. The molecule has 1 aromatic heterocycles. The van der Waals surface area contributed by atoms with Crippen molar-refractivity contribution in [2.45, 2.75) is 31.5 Å². The molecule has 4 rings (SSSR count). The van der Waals surface area contributed by atoms with Gasteiger partial charge in [0, 0.05) is 18.7 Å². The first-order valence-electron chi connectivity index (χ1n) is 8.43. The van der Waals surface area contributed by atoms with Crippen LogP contribution in [0.15, 0.2) is 18.2 Å². The number of carbonyl (C=O) groups is 1. The molecule has 0 saturated heterocycles. The Hall–Kier alpha value is -2.55. The molecule has 9 heteroatoms. The molecule has 0 fully saturated rings. The molecular formula is C17H18F3N5O. The lowest BCUT2D eigenvalue weighted by molar-refractivity contribution is -0.137. The first-order valence-corrected chi connectivity index (χ1v) is 8.43. The van der Waals surface area contributed by atoms with E-state index in [1.165, 1.54) is 6.07 Å². The van der Waals surface area contributed by atoms with Crippen LogP contribution in [0.3, 0.4) is 0 Å². The summed E-state index contributed by atoms with van der Waals surface area (Å²) in [5.74, 6) is -0.817. The van der Waals surface area contributed by atoms with Gasteiger partial charge in [-0.25, -0.2) is 0 Å². The molecule has 3 heterocycles. The zero-order valence-electron chi connectivity index (χ0n) is 13.9. The molecule has 138 valence electrons. The minimum Gasteiger partial charge on any atom is -0.384 e. The first kappa shape index (κ1) is 16.9. The van der Waals surface area contributed by atoms with Crippen LogP contribution >= 0.6 is 0 Å². The van der Waals surface area contributed by atoms with E-state index in [0.29, 0.717) is 30.8 Å². The van der Waals surface area contributed by atoms with Crippen molar-refractivity contribution in [2.75, 3.05) is 24.1 Å². The van der Waals surface area contributed by atoms with Crippen molar-refractivity contribution in [3.05, 3.63) is 40.6 Å². The van der Waals surface area contributed by atoms with E-state index in [9.17, 15) is 18.0 Å². The number of fused-ring (bicyclic) bond motifs is 2. The zero-order valence-corrected chi connectivity index (χ0v) is 13.9. The summed E-state index contributed by atoms with van der Waals surface area (Å²) in [7, 11) is 0. The summed E-state index contributed by atoms with van der Waals surface area (Å²) in [4.78, 5) is 13.1. The number of alkyl halides is 3. The van der Waals surface area contributed by atoms with Gasteiger partial charge in [-0.3, -0.25) is 4.79 Å². The Morgan fingerprint density at radius 2 is 2.12 bits per heavy atom. The minimum absolute atomic E-state index is 0.0262. The Morgan fingerprint density at radius 3 is 2.85 bits per heavy atom. The van der Waals surface area contributed by atoms with Crippen molar-refractivity contribution in [1.82, 2.24) is 15.1 Å². The molecule has 26 heavy (non-hydrogen) atoms. The highest BCUT2D eigenvalue weighted by Crippen LogP contribution is 2.42. The van der Waals surface area contributed by atoms with Gasteiger partial charge in [-0.05, 0) is 31.0 Å². The van der Waals surface area contributed by atoms with E-state index in [4.69, 9.17) is 5.73 Å². The smallest absolute Gasteiger partial charge is 0.384 e. The lowest BCUT2D eigenvalue weighted by Crippen LogP contribution is -2.29. The highest BCUT2D eigenvalue weighted by atomic mass is 19.4. The predicted octanol–water partition coefficient (Wildman–Crippen LogP) is 2.37. The highest BCUT2D eigenvalue weighted by Gasteiger charge is 2.38. The third-order valence-electron chi connectivity index (χ3n) is 4.97. The molecule has 1 atom stereocenters. The number of aromatic nitrogens is 2. The monoisotopic (exact) mass is 365 g/mol. The van der Waals surface area contributed by atoms with E-state index in [0.717, 1.165) is 28.6 Å². The van der Waals surface area contributed by atoms with Crippen LogP contribution in [0, 0.1) is 0 Å². The molecule has 0 bridgehead atoms. The molecule has 2 aliphatic rings. The Kier molecular flexibility index (Phi) is 3.91. The van der Waals surface area contributed by atoms with Gasteiger partial charge >= 0.3 is 6.18 Å². The number of hydrogen-bond acceptors (Lipinski definition) is 5. The molecule has 2 aromatic rings. The van der Waals surface area contributed by atoms with Crippen molar-refractivity contribution < 1.29 is 18.0 Å². The van der Waals surface area contributed by atoms with Gasteiger partial charge in [0.2, 0.25) is 0 Å². The average molecular weight is 365 g/mol. The number of nitrogens with two attached hydrogens (primary N) is 1. The summed E-state index contributed by atoms with van der Waals surface area (Å²) >= 11 is 0. The third kappa shape index (κ3) is 2.63. The van der Waals surface area contributed by atoms with Crippen molar-refractivity contribution >= 4 is 17.4 Å². The minimum atomic E-state index is -4.49. The molecule has 1 aromatic carbocycles. The van der Waals surface area contributed by atoms with Crippen LogP contribution in [-0.2, 0) is 19.1 Å². The number of hydrogen-bond donors (Lipinski definition) is 3. The largest absolute Gasteiger partial charge is 0.418 e. The number of nitrogen functional groups attached to an aromatic ring is 1. The van der Waals surface area contributed by atoms with Crippen LogP contribution in [0.25, 0.3) is 0 Å². The van der Waals surface area contributed by atoms with E-state index in [2.05, 4.69) is 15.7 Å². The van der Waals surface area contributed by atoms with Crippen molar-refractivity contribution in [3.8, 4) is 0 Å². The fraction of sp³-hybridized carbons (Fsp3) is 0.412. The van der Waals surface area contributed by atoms with Crippen molar-refractivity contribution in [3.63, 3.8) is 0 Å². The molecular weight excluding hydrogens is 347 g/mol. The summed E-state index contributed by atoms with van der Waals surface area (Å²) in [5.41, 5.74) is 7.22. The van der Waals surface area contributed by atoms with Crippen LogP contribution in [0.1, 0.15) is 39.5 Å². The van der Waals surface area contributed by atoms with Gasteiger partial charge in [0.15, 0.2) is 0 Å². The number of rotatable bonds is 1. The highest BCUT2D eigenvalue weighted by molar-refractivity contribution is 5.90. The first-order chi connectivity index (χ1) is 12.4. The molecule has 6 nitrogen and oxygen atoms in total. The average Bonchev–Trinajstić information content (AvgIpc) is 2.96. The second kappa shape index (κ2) is 6.01. The summed E-state index contributed by atoms with van der Waals surface area (Å²) < 4.78 is 41.0. The van der Waals surface area contributed by atoms with Crippen LogP contribution in [0.5, 0.6) is 0 Å². The summed E-state index contributed by atoms with van der Waals surface area (Å²) in [6.45, 7) is 1.56. The molecule has 0 aliphatic carbocycles. The Bertz CT molecular complexity index is 874. The van der Waals surface area contributed by atoms with E-state index in [1.54, 1.807) is 6.07 Å². The number of carbonyl (C=O) groups excluding carboxylic acids is 1. The fourth-order valence-corrected chi connectivity index (χ4v) is 3.71. The van der Waals surface area contributed by atoms with Crippen molar-refractivity contribution in [2.24, 2.45) is 0 Å². The number of para-hydroxylation sites is 1. The summed E-state index contributed by atoms with van der Waals surface area (Å²) in [6, 6.07) is 3.90. The number of nitrogens with one attached hydrogen (secondary N) is 2. The quantitative estimate of drug-likeness (QED) is 0.723. The zero-order chi connectivity index (χ0) is 18.5. The Balaban J connectivity index is 1.75. The third-order valence-corrected chi connectivity index (χ3v) is 4.97. The topological polar surface area (TPSA) is 85.0 Å². The maximum atomic E-state index is 13.3. The normalized spacial score (nSPS) is 19.4. The SMILES string of the molecule is Nc1c2c(nn1C(=O)C1CCNc3c1cccc3C(F)(F)F)CNCC2.